The van der Waals surface area contributed by atoms with E-state index in [9.17, 15) is 4.79 Å². The van der Waals surface area contributed by atoms with Gasteiger partial charge in [0.05, 0.1) is 4.88 Å². The predicted octanol–water partition coefficient (Wildman–Crippen LogP) is 2.89. The van der Waals surface area contributed by atoms with Crippen molar-refractivity contribution in [2.24, 2.45) is 11.1 Å². The molecule has 3 heterocycles. The number of carbonyl (C=O) groups excluding carboxylic acids is 1. The average Bonchev–Trinajstić information content (AvgIpc) is 3.08. The van der Waals surface area contributed by atoms with Crippen molar-refractivity contribution in [3.63, 3.8) is 0 Å². The van der Waals surface area contributed by atoms with Crippen molar-refractivity contribution in [2.45, 2.75) is 38.7 Å². The van der Waals surface area contributed by atoms with Gasteiger partial charge in [-0.25, -0.2) is 0 Å². The molecule has 0 saturated carbocycles. The van der Waals surface area contributed by atoms with Gasteiger partial charge in [0.1, 0.15) is 5.71 Å². The second-order valence-corrected chi connectivity index (χ2v) is 6.94. The summed E-state index contributed by atoms with van der Waals surface area (Å²) in [6.07, 6.45) is 2.74. The van der Waals surface area contributed by atoms with Crippen LogP contribution >= 0.6 is 11.3 Å². The molecule has 1 atom stereocenters. The molecule has 108 valence electrons. The zero-order valence-electron chi connectivity index (χ0n) is 12.0. The fourth-order valence-electron chi connectivity index (χ4n) is 2.78. The number of thiophene rings is 1. The van der Waals surface area contributed by atoms with Crippen LogP contribution in [-0.2, 0) is 9.63 Å². The summed E-state index contributed by atoms with van der Waals surface area (Å²) in [4.78, 5) is 21.2. The van der Waals surface area contributed by atoms with Crippen molar-refractivity contribution in [1.82, 2.24) is 4.90 Å². The van der Waals surface area contributed by atoms with Crippen LogP contribution in [0.25, 0.3) is 0 Å². The standard InChI is InChI=1S/C15H20N2O2S/c1-11-5-7-17(8-6-11)14(18)15(2)10-12(16-19-15)13-4-3-9-20-13/h3-4,9,11H,5-8,10H2,1-2H3/t15-/m1/s1. The molecule has 1 aromatic heterocycles. The Morgan fingerprint density at radius 2 is 2.25 bits per heavy atom. The molecular formula is C15H20N2O2S. The second kappa shape index (κ2) is 5.20. The van der Waals surface area contributed by atoms with Gasteiger partial charge >= 0.3 is 0 Å². The Morgan fingerprint density at radius 1 is 1.50 bits per heavy atom. The lowest BCUT2D eigenvalue weighted by atomic mass is 9.94. The Morgan fingerprint density at radius 3 is 2.90 bits per heavy atom. The average molecular weight is 292 g/mol. The van der Waals surface area contributed by atoms with Gasteiger partial charge in [-0.1, -0.05) is 18.1 Å². The Bertz CT molecular complexity index is 518. The maximum Gasteiger partial charge on any atom is 0.269 e. The Balaban J connectivity index is 1.67. The van der Waals surface area contributed by atoms with Gasteiger partial charge in [0.2, 0.25) is 5.60 Å². The van der Waals surface area contributed by atoms with Gasteiger partial charge < -0.3 is 9.74 Å². The summed E-state index contributed by atoms with van der Waals surface area (Å²) < 4.78 is 0. The van der Waals surface area contributed by atoms with Gasteiger partial charge in [-0.2, -0.15) is 0 Å². The number of piperidine rings is 1. The summed E-state index contributed by atoms with van der Waals surface area (Å²) in [5, 5.41) is 6.16. The number of oxime groups is 1. The summed E-state index contributed by atoms with van der Waals surface area (Å²) in [5.41, 5.74) is 0.0705. The molecule has 5 heteroatoms. The van der Waals surface area contributed by atoms with Gasteiger partial charge in [-0.05, 0) is 37.1 Å². The first kappa shape index (κ1) is 13.6. The smallest absolute Gasteiger partial charge is 0.269 e. The van der Waals surface area contributed by atoms with E-state index in [2.05, 4.69) is 12.1 Å². The first-order valence-corrected chi connectivity index (χ1v) is 8.05. The zero-order chi connectivity index (χ0) is 14.2. The van der Waals surface area contributed by atoms with Crippen LogP contribution in [0.4, 0.5) is 0 Å². The van der Waals surface area contributed by atoms with Crippen molar-refractivity contribution >= 4 is 23.0 Å². The van der Waals surface area contributed by atoms with Crippen molar-refractivity contribution < 1.29 is 9.63 Å². The summed E-state index contributed by atoms with van der Waals surface area (Å²) in [5.74, 6) is 0.800. The highest BCUT2D eigenvalue weighted by Gasteiger charge is 2.45. The number of amides is 1. The molecule has 1 fully saturated rings. The largest absolute Gasteiger partial charge is 0.379 e. The fourth-order valence-corrected chi connectivity index (χ4v) is 3.48. The van der Waals surface area contributed by atoms with Crippen LogP contribution in [0.2, 0.25) is 0 Å². The van der Waals surface area contributed by atoms with E-state index >= 15 is 0 Å². The van der Waals surface area contributed by atoms with Crippen LogP contribution in [0.1, 0.15) is 38.0 Å². The number of carbonyl (C=O) groups is 1. The molecule has 3 rings (SSSR count). The van der Waals surface area contributed by atoms with Crippen LogP contribution in [0.5, 0.6) is 0 Å². The highest BCUT2D eigenvalue weighted by molar-refractivity contribution is 7.12. The normalized spacial score (nSPS) is 27.3. The summed E-state index contributed by atoms with van der Waals surface area (Å²) >= 11 is 1.63. The minimum atomic E-state index is -0.820. The van der Waals surface area contributed by atoms with E-state index in [4.69, 9.17) is 4.84 Å². The predicted molar refractivity (Wildman–Crippen MR) is 79.9 cm³/mol. The molecule has 2 aliphatic rings. The Kier molecular flexibility index (Phi) is 3.54. The third-order valence-corrected chi connectivity index (χ3v) is 5.11. The second-order valence-electron chi connectivity index (χ2n) is 5.99. The van der Waals surface area contributed by atoms with Crippen molar-refractivity contribution in [1.29, 1.82) is 0 Å². The molecule has 0 unspecified atom stereocenters. The molecular weight excluding hydrogens is 272 g/mol. The van der Waals surface area contributed by atoms with Gasteiger partial charge in [0, 0.05) is 19.5 Å². The zero-order valence-corrected chi connectivity index (χ0v) is 12.8. The summed E-state index contributed by atoms with van der Waals surface area (Å²) in [6, 6.07) is 4.01. The molecule has 1 saturated heterocycles. The van der Waals surface area contributed by atoms with E-state index < -0.39 is 5.60 Å². The van der Waals surface area contributed by atoms with Crippen molar-refractivity contribution in [2.75, 3.05) is 13.1 Å². The Labute approximate surface area is 123 Å². The van der Waals surface area contributed by atoms with Gasteiger partial charge in [0.15, 0.2) is 0 Å². The summed E-state index contributed by atoms with van der Waals surface area (Å²) in [6.45, 7) is 5.78. The van der Waals surface area contributed by atoms with Crippen molar-refractivity contribution in [3.8, 4) is 0 Å². The van der Waals surface area contributed by atoms with Gasteiger partial charge in [-0.15, -0.1) is 11.3 Å². The van der Waals surface area contributed by atoms with E-state index in [1.807, 2.05) is 29.3 Å². The SMILES string of the molecule is CC1CCN(C(=O)[C@@]2(C)CC(c3cccs3)=NO2)CC1. The monoisotopic (exact) mass is 292 g/mol. The maximum atomic E-state index is 12.7. The molecule has 0 aromatic carbocycles. The molecule has 2 aliphatic heterocycles. The highest BCUT2D eigenvalue weighted by atomic mass is 32.1. The fraction of sp³-hybridized carbons (Fsp3) is 0.600. The lowest BCUT2D eigenvalue weighted by Crippen LogP contribution is -2.49. The molecule has 4 nitrogen and oxygen atoms in total. The molecule has 0 radical (unpaired) electrons. The lowest BCUT2D eigenvalue weighted by Gasteiger charge is -2.34. The van der Waals surface area contributed by atoms with Crippen LogP contribution in [0.15, 0.2) is 22.7 Å². The molecule has 0 bridgehead atoms. The first-order valence-electron chi connectivity index (χ1n) is 7.17. The van der Waals surface area contributed by atoms with Gasteiger partial charge in [-0.3, -0.25) is 4.79 Å². The molecule has 0 N–H and O–H groups in total. The van der Waals surface area contributed by atoms with E-state index in [0.29, 0.717) is 12.3 Å². The third-order valence-electron chi connectivity index (χ3n) is 4.19. The third kappa shape index (κ3) is 2.46. The first-order chi connectivity index (χ1) is 9.58. The molecule has 0 aliphatic carbocycles. The van der Waals surface area contributed by atoms with E-state index in [1.165, 1.54) is 0 Å². The number of hydrogen-bond acceptors (Lipinski definition) is 4. The van der Waals surface area contributed by atoms with Crippen LogP contribution < -0.4 is 0 Å². The van der Waals surface area contributed by atoms with E-state index in [1.54, 1.807) is 11.3 Å². The molecule has 1 amide bonds. The maximum absolute atomic E-state index is 12.7. The quantitative estimate of drug-likeness (QED) is 0.841. The molecule has 1 aromatic rings. The lowest BCUT2D eigenvalue weighted by molar-refractivity contribution is -0.154. The van der Waals surface area contributed by atoms with Crippen LogP contribution in [0, 0.1) is 5.92 Å². The topological polar surface area (TPSA) is 41.9 Å². The number of likely N-dealkylation sites (tertiary alicyclic amines) is 1. The van der Waals surface area contributed by atoms with E-state index in [0.717, 1.165) is 36.5 Å². The van der Waals surface area contributed by atoms with Crippen LogP contribution in [0.3, 0.4) is 0 Å². The van der Waals surface area contributed by atoms with E-state index in [-0.39, 0.29) is 5.91 Å². The van der Waals surface area contributed by atoms with Gasteiger partial charge in [0.25, 0.3) is 5.91 Å². The number of nitrogens with zero attached hydrogens (tertiary/aromatic N) is 2. The number of hydrogen-bond donors (Lipinski definition) is 0. The van der Waals surface area contributed by atoms with Crippen LogP contribution in [-0.4, -0.2) is 35.2 Å². The molecule has 0 spiro atoms. The number of rotatable bonds is 2. The molecule has 20 heavy (non-hydrogen) atoms. The Hall–Kier alpha value is -1.36. The highest BCUT2D eigenvalue weighted by Crippen LogP contribution is 2.31. The summed E-state index contributed by atoms with van der Waals surface area (Å²) in [7, 11) is 0. The van der Waals surface area contributed by atoms with Crippen molar-refractivity contribution in [3.05, 3.63) is 22.4 Å². The minimum absolute atomic E-state index is 0.0831. The minimum Gasteiger partial charge on any atom is -0.379 e.